The summed E-state index contributed by atoms with van der Waals surface area (Å²) in [7, 11) is 1.35. The minimum Gasteiger partial charge on any atom is -0.489 e. The molecule has 0 bridgehead atoms. The lowest BCUT2D eigenvalue weighted by molar-refractivity contribution is 0.0600. The second kappa shape index (κ2) is 6.81. The summed E-state index contributed by atoms with van der Waals surface area (Å²) in [6, 6.07) is 12.4. The molecule has 0 atom stereocenters. The number of carbonyl (C=O) groups is 1. The monoisotopic (exact) mass is 338 g/mol. The largest absolute Gasteiger partial charge is 0.489 e. The summed E-state index contributed by atoms with van der Waals surface area (Å²) in [5.74, 6) is 0.235. The van der Waals surface area contributed by atoms with Crippen LogP contribution in [0.4, 0.5) is 0 Å². The summed E-state index contributed by atoms with van der Waals surface area (Å²) in [6.45, 7) is 3.99. The fourth-order valence-corrected chi connectivity index (χ4v) is 2.54. The zero-order chi connectivity index (χ0) is 18.0. The highest BCUT2D eigenvalue weighted by atomic mass is 16.5. The van der Waals surface area contributed by atoms with Gasteiger partial charge in [0.05, 0.1) is 12.7 Å². The normalized spacial score (nSPS) is 10.7. The lowest BCUT2D eigenvalue weighted by Crippen LogP contribution is -2.05. The molecule has 128 valence electrons. The van der Waals surface area contributed by atoms with Gasteiger partial charge in [-0.05, 0) is 49.2 Å². The fraction of sp³-hybridized carbons (Fsp3) is 0.200. The van der Waals surface area contributed by atoms with E-state index in [-0.39, 0.29) is 11.6 Å². The number of hydrogen-bond donors (Lipinski definition) is 0. The molecule has 0 unspecified atom stereocenters. The van der Waals surface area contributed by atoms with Gasteiger partial charge in [-0.2, -0.15) is 0 Å². The molecule has 0 saturated heterocycles. The van der Waals surface area contributed by atoms with Crippen molar-refractivity contribution in [3.63, 3.8) is 0 Å². The van der Waals surface area contributed by atoms with E-state index in [1.165, 1.54) is 7.11 Å². The molecule has 25 heavy (non-hydrogen) atoms. The second-order valence-electron chi connectivity index (χ2n) is 5.77. The molecule has 5 nitrogen and oxygen atoms in total. The maximum Gasteiger partial charge on any atom is 0.339 e. The van der Waals surface area contributed by atoms with Crippen molar-refractivity contribution in [1.29, 1.82) is 0 Å². The van der Waals surface area contributed by atoms with Crippen molar-refractivity contribution in [2.75, 3.05) is 7.11 Å². The Morgan fingerprint density at radius 1 is 1.04 bits per heavy atom. The van der Waals surface area contributed by atoms with E-state index >= 15 is 0 Å². The van der Waals surface area contributed by atoms with E-state index in [0.29, 0.717) is 29.1 Å². The van der Waals surface area contributed by atoms with Crippen LogP contribution in [0.3, 0.4) is 0 Å². The predicted octanol–water partition coefficient (Wildman–Crippen LogP) is 3.78. The first kappa shape index (κ1) is 16.8. The molecule has 0 aliphatic carbocycles. The Kier molecular flexibility index (Phi) is 4.57. The molecule has 2 aromatic carbocycles. The van der Waals surface area contributed by atoms with E-state index in [4.69, 9.17) is 9.15 Å². The molecule has 0 spiro atoms. The van der Waals surface area contributed by atoms with Gasteiger partial charge < -0.3 is 13.9 Å². The minimum absolute atomic E-state index is 0.333. The highest BCUT2D eigenvalue weighted by molar-refractivity contribution is 5.89. The topological polar surface area (TPSA) is 65.7 Å². The van der Waals surface area contributed by atoms with Crippen molar-refractivity contribution in [2.24, 2.45) is 0 Å². The summed E-state index contributed by atoms with van der Waals surface area (Å²) in [6.07, 6.45) is 0. The molecule has 3 rings (SSSR count). The van der Waals surface area contributed by atoms with Crippen LogP contribution in [0, 0.1) is 13.8 Å². The number of ether oxygens (including phenoxy) is 2. The van der Waals surface area contributed by atoms with Crippen LogP contribution in [0.1, 0.15) is 27.0 Å². The highest BCUT2D eigenvalue weighted by Gasteiger charge is 2.09. The van der Waals surface area contributed by atoms with Crippen LogP contribution < -0.4 is 10.4 Å². The van der Waals surface area contributed by atoms with Crippen LogP contribution in [0.25, 0.3) is 11.0 Å². The fourth-order valence-electron chi connectivity index (χ4n) is 2.54. The van der Waals surface area contributed by atoms with Gasteiger partial charge in [0.15, 0.2) is 0 Å². The van der Waals surface area contributed by atoms with E-state index in [1.807, 2.05) is 19.1 Å². The average Bonchev–Trinajstić information content (AvgIpc) is 2.64. The van der Waals surface area contributed by atoms with Gasteiger partial charge in [-0.3, -0.25) is 0 Å². The van der Waals surface area contributed by atoms with E-state index in [9.17, 15) is 9.59 Å². The van der Waals surface area contributed by atoms with E-state index in [1.54, 1.807) is 37.3 Å². The third-order valence-electron chi connectivity index (χ3n) is 4.21. The van der Waals surface area contributed by atoms with E-state index in [2.05, 4.69) is 4.74 Å². The Balaban J connectivity index is 1.78. The molecule has 0 saturated carbocycles. The summed E-state index contributed by atoms with van der Waals surface area (Å²) < 4.78 is 15.8. The number of methoxy groups -OCH3 is 1. The molecule has 5 heteroatoms. The van der Waals surface area contributed by atoms with Crippen molar-refractivity contribution in [3.05, 3.63) is 75.1 Å². The van der Waals surface area contributed by atoms with Crippen LogP contribution in [0.5, 0.6) is 5.75 Å². The SMILES string of the molecule is COC(=O)c1ccc(COc2ccc3c(C)c(C)c(=O)oc3c2)cc1. The van der Waals surface area contributed by atoms with E-state index in [0.717, 1.165) is 16.5 Å². The number of benzene rings is 2. The first-order valence-corrected chi connectivity index (χ1v) is 7.83. The number of fused-ring (bicyclic) bond motifs is 1. The maximum absolute atomic E-state index is 11.8. The van der Waals surface area contributed by atoms with Crippen molar-refractivity contribution < 1.29 is 18.7 Å². The van der Waals surface area contributed by atoms with Gasteiger partial charge >= 0.3 is 11.6 Å². The Morgan fingerprint density at radius 2 is 1.76 bits per heavy atom. The zero-order valence-electron chi connectivity index (χ0n) is 14.3. The summed E-state index contributed by atoms with van der Waals surface area (Å²) in [5.41, 5.74) is 3.11. The van der Waals surface area contributed by atoms with Gasteiger partial charge in [-0.1, -0.05) is 12.1 Å². The molecule has 3 aromatic rings. The molecule has 0 amide bonds. The van der Waals surface area contributed by atoms with Crippen molar-refractivity contribution >= 4 is 16.9 Å². The van der Waals surface area contributed by atoms with Gasteiger partial charge in [0.25, 0.3) is 0 Å². The first-order chi connectivity index (χ1) is 12.0. The Hall–Kier alpha value is -3.08. The molecular formula is C20H18O5. The molecule has 1 heterocycles. The van der Waals surface area contributed by atoms with Gasteiger partial charge in [-0.15, -0.1) is 0 Å². The second-order valence-corrected chi connectivity index (χ2v) is 5.77. The summed E-state index contributed by atoms with van der Waals surface area (Å²) >= 11 is 0. The molecule has 0 fully saturated rings. The molecule has 1 aromatic heterocycles. The molecule has 0 aliphatic rings. The third-order valence-corrected chi connectivity index (χ3v) is 4.21. The van der Waals surface area contributed by atoms with Crippen LogP contribution in [0.2, 0.25) is 0 Å². The van der Waals surface area contributed by atoms with E-state index < -0.39 is 0 Å². The molecule has 0 N–H and O–H groups in total. The Bertz CT molecular complexity index is 983. The van der Waals surface area contributed by atoms with Crippen LogP contribution in [0.15, 0.2) is 51.7 Å². The maximum atomic E-state index is 11.8. The van der Waals surface area contributed by atoms with Crippen LogP contribution in [-0.2, 0) is 11.3 Å². The van der Waals surface area contributed by atoms with Gasteiger partial charge in [0, 0.05) is 17.0 Å². The minimum atomic E-state index is -0.373. The lowest BCUT2D eigenvalue weighted by atomic mass is 10.1. The summed E-state index contributed by atoms with van der Waals surface area (Å²) in [5, 5.41) is 0.895. The first-order valence-electron chi connectivity index (χ1n) is 7.83. The number of esters is 1. The molecule has 0 radical (unpaired) electrons. The summed E-state index contributed by atoms with van der Waals surface area (Å²) in [4.78, 5) is 23.2. The third kappa shape index (κ3) is 3.40. The highest BCUT2D eigenvalue weighted by Crippen LogP contribution is 2.24. The average molecular weight is 338 g/mol. The Labute approximate surface area is 144 Å². The standard InChI is InChI=1S/C20H18O5/c1-12-13(2)19(21)25-18-10-16(8-9-17(12)18)24-11-14-4-6-15(7-5-14)20(22)23-3/h4-10H,11H2,1-3H3. The zero-order valence-corrected chi connectivity index (χ0v) is 14.3. The lowest BCUT2D eigenvalue weighted by Gasteiger charge is -2.09. The number of carbonyl (C=O) groups excluding carboxylic acids is 1. The number of hydrogen-bond acceptors (Lipinski definition) is 5. The van der Waals surface area contributed by atoms with Crippen LogP contribution >= 0.6 is 0 Å². The van der Waals surface area contributed by atoms with Gasteiger partial charge in [-0.25, -0.2) is 9.59 Å². The quantitative estimate of drug-likeness (QED) is 0.535. The van der Waals surface area contributed by atoms with Gasteiger partial charge in [0.2, 0.25) is 0 Å². The van der Waals surface area contributed by atoms with Crippen molar-refractivity contribution in [3.8, 4) is 5.75 Å². The molecule has 0 aliphatic heterocycles. The smallest absolute Gasteiger partial charge is 0.339 e. The predicted molar refractivity (Wildman–Crippen MR) is 94.1 cm³/mol. The van der Waals surface area contributed by atoms with Gasteiger partial charge in [0.1, 0.15) is 17.9 Å². The number of aryl methyl sites for hydroxylation is 1. The van der Waals surface area contributed by atoms with Crippen LogP contribution in [-0.4, -0.2) is 13.1 Å². The van der Waals surface area contributed by atoms with Crippen molar-refractivity contribution in [2.45, 2.75) is 20.5 Å². The van der Waals surface area contributed by atoms with Crippen molar-refractivity contribution in [1.82, 2.24) is 0 Å². The molecular weight excluding hydrogens is 320 g/mol. The number of rotatable bonds is 4. The Morgan fingerprint density at radius 3 is 2.44 bits per heavy atom.